The van der Waals surface area contributed by atoms with E-state index in [2.05, 4.69) is 36.1 Å². The third-order valence-corrected chi connectivity index (χ3v) is 13.8. The zero-order chi connectivity index (χ0) is 63.4. The maximum absolute atomic E-state index is 14.0. The Kier molecular flexibility index (Phi) is 38.7. The van der Waals surface area contributed by atoms with Gasteiger partial charge in [-0.05, 0) is 102 Å². The number of nitrogens with two attached hydrogens (primary N) is 11. The number of hydrogen-bond donors (Lipinski definition) is 13. The summed E-state index contributed by atoms with van der Waals surface area (Å²) in [5, 5.41) is 5.00. The Labute approximate surface area is 472 Å². The van der Waals surface area contributed by atoms with Crippen LogP contribution in [0, 0.1) is 71.0 Å². The van der Waals surface area contributed by atoms with Gasteiger partial charge in [0, 0.05) is 83.9 Å². The zero-order valence-electron chi connectivity index (χ0n) is 47.1. The summed E-state index contributed by atoms with van der Waals surface area (Å²) < 4.78 is 0. The summed E-state index contributed by atoms with van der Waals surface area (Å²) in [6.07, 6.45) is 2.74. The molecule has 0 aromatic carbocycles. The fourth-order valence-electron chi connectivity index (χ4n) is 8.54. The zero-order valence-corrected chi connectivity index (χ0v) is 47.1. The topological polar surface area (TPSA) is 566 Å². The van der Waals surface area contributed by atoms with Gasteiger partial charge in [0.1, 0.15) is 0 Å². The summed E-state index contributed by atoms with van der Waals surface area (Å²) in [7, 11) is 0. The van der Waals surface area contributed by atoms with Crippen LogP contribution in [-0.2, 0) is 71.9 Å². The lowest BCUT2D eigenvalue weighted by atomic mass is 9.78. The summed E-state index contributed by atoms with van der Waals surface area (Å²) >= 11 is 0. The first kappa shape index (κ1) is 76.9. The number of carbonyl (C=O) groups is 15. The number of carbonyl (C=O) groups excluding carboxylic acids is 15. The molecule has 28 heteroatoms. The number of rotatable bonds is 43. The highest BCUT2D eigenvalue weighted by atomic mass is 16.2. The highest BCUT2D eigenvalue weighted by Gasteiger charge is 2.37. The highest BCUT2D eigenvalue weighted by Crippen LogP contribution is 2.32. The lowest BCUT2D eigenvalue weighted by Crippen LogP contribution is -2.45. The van der Waals surface area contributed by atoms with Gasteiger partial charge < -0.3 is 73.7 Å². The van der Waals surface area contributed by atoms with Crippen molar-refractivity contribution in [2.75, 3.05) is 6.67 Å². The average Bonchev–Trinajstić information content (AvgIpc) is 3.38. The molecule has 0 saturated carbocycles. The van der Waals surface area contributed by atoms with E-state index in [9.17, 15) is 71.9 Å². The number of hydrogen-bond acceptors (Lipinski definition) is 15. The first-order valence-electron chi connectivity index (χ1n) is 26.3. The highest BCUT2D eigenvalue weighted by molar-refractivity contribution is 5.92. The van der Waals surface area contributed by atoms with E-state index in [1.165, 1.54) is 26.0 Å². The number of allylic oxidation sites excluding steroid dienone is 2. The molecule has 0 bridgehead atoms. The molecule has 81 heavy (non-hydrogen) atoms. The average molecular weight is 1150 g/mol. The molecule has 0 heterocycles. The van der Waals surface area contributed by atoms with Gasteiger partial charge in [0.15, 0.2) is 11.6 Å². The molecule has 0 saturated heterocycles. The Hall–Kier alpha value is -8.33. The number of amides is 13. The summed E-state index contributed by atoms with van der Waals surface area (Å²) in [5.41, 5.74) is 60.3. The number of ketones is 2. The van der Waals surface area contributed by atoms with Gasteiger partial charge in [0.05, 0.1) is 6.67 Å². The Bertz CT molecular complexity index is 2240. The molecule has 13 amide bonds. The molecular formula is C53H89N13O15. The Morgan fingerprint density at radius 1 is 0.333 bits per heavy atom. The first-order chi connectivity index (χ1) is 37.5. The monoisotopic (exact) mass is 1150 g/mol. The summed E-state index contributed by atoms with van der Waals surface area (Å²) in [6, 6.07) is 0. The molecule has 0 aromatic heterocycles. The molecular weight excluding hydrogens is 1060 g/mol. The van der Waals surface area contributed by atoms with E-state index in [0.29, 0.717) is 19.3 Å². The molecule has 0 aromatic rings. The van der Waals surface area contributed by atoms with Gasteiger partial charge in [-0.3, -0.25) is 71.9 Å². The largest absolute Gasteiger partial charge is 0.369 e. The van der Waals surface area contributed by atoms with E-state index in [1.807, 2.05) is 0 Å². The van der Waals surface area contributed by atoms with Crippen LogP contribution in [0.4, 0.5) is 0 Å². The smallest absolute Gasteiger partial charge is 0.240 e. The van der Waals surface area contributed by atoms with Gasteiger partial charge in [-0.25, -0.2) is 0 Å². The normalized spacial score (nSPS) is 15.1. The van der Waals surface area contributed by atoms with Crippen LogP contribution in [0.5, 0.6) is 0 Å². The molecule has 0 spiro atoms. The van der Waals surface area contributed by atoms with Crippen LogP contribution in [0.3, 0.4) is 0 Å². The van der Waals surface area contributed by atoms with Crippen LogP contribution >= 0.6 is 0 Å². The van der Waals surface area contributed by atoms with Crippen molar-refractivity contribution >= 4 is 88.4 Å². The van der Waals surface area contributed by atoms with Crippen LogP contribution in [0.2, 0.25) is 0 Å². The molecule has 24 N–H and O–H groups in total. The second kappa shape index (κ2) is 40.8. The predicted molar refractivity (Wildman–Crippen MR) is 297 cm³/mol. The van der Waals surface area contributed by atoms with Crippen LogP contribution in [0.25, 0.3) is 0 Å². The summed E-state index contributed by atoms with van der Waals surface area (Å²) in [4.78, 5) is 182. The van der Waals surface area contributed by atoms with Crippen LogP contribution in [0.15, 0.2) is 38.0 Å². The van der Waals surface area contributed by atoms with Gasteiger partial charge in [-0.15, -0.1) is 0 Å². The van der Waals surface area contributed by atoms with Crippen molar-refractivity contribution in [1.29, 1.82) is 0 Å². The molecule has 12 unspecified atom stereocenters. The quantitative estimate of drug-likeness (QED) is 0.0222. The molecule has 0 rings (SSSR count). The van der Waals surface area contributed by atoms with Gasteiger partial charge >= 0.3 is 0 Å². The Morgan fingerprint density at radius 2 is 0.543 bits per heavy atom. The molecule has 0 fully saturated rings. The lowest BCUT2D eigenvalue weighted by Gasteiger charge is -2.28. The Morgan fingerprint density at radius 3 is 0.741 bits per heavy atom. The van der Waals surface area contributed by atoms with Gasteiger partial charge in [0.25, 0.3) is 0 Å². The minimum absolute atomic E-state index is 0.0122. The van der Waals surface area contributed by atoms with E-state index in [4.69, 9.17) is 57.3 Å². The second-order valence-corrected chi connectivity index (χ2v) is 20.0. The van der Waals surface area contributed by atoms with Crippen molar-refractivity contribution in [3.8, 4) is 0 Å². The van der Waals surface area contributed by atoms with E-state index in [-0.39, 0.29) is 88.6 Å². The fraction of sp³-hybridized carbons (Fsp3) is 0.604. The number of nitrogens with one attached hydrogen (secondary N) is 2. The van der Waals surface area contributed by atoms with Crippen LogP contribution in [-0.4, -0.2) is 95.0 Å². The summed E-state index contributed by atoms with van der Waals surface area (Å²) in [6.45, 7) is 15.3. The first-order valence-corrected chi connectivity index (χ1v) is 26.3. The molecule has 0 radical (unpaired) electrons. The molecule has 456 valence electrons. The van der Waals surface area contributed by atoms with E-state index in [1.54, 1.807) is 13.8 Å². The minimum Gasteiger partial charge on any atom is -0.369 e. The van der Waals surface area contributed by atoms with E-state index >= 15 is 0 Å². The van der Waals surface area contributed by atoms with Crippen molar-refractivity contribution < 1.29 is 71.9 Å². The van der Waals surface area contributed by atoms with Gasteiger partial charge in [-0.1, -0.05) is 47.4 Å². The van der Waals surface area contributed by atoms with Crippen LogP contribution in [0.1, 0.15) is 124 Å². The number of primary amides is 11. The van der Waals surface area contributed by atoms with Crippen molar-refractivity contribution in [2.45, 2.75) is 124 Å². The van der Waals surface area contributed by atoms with Crippen molar-refractivity contribution in [2.24, 2.45) is 134 Å². The van der Waals surface area contributed by atoms with Gasteiger partial charge in [-0.2, -0.15) is 0 Å². The SMILES string of the molecule is C=CC(=O)CCCC(=O)C=C.C=CC(N)=O.CCC(CC(CC(CC(CC(CC(C)C(N)=O)C(N)=O)C(N)=O)C(=O)NCNC(=O)C(CC(CC)C(N)=O)CC(CC(CC(CC(C)C(N)=O)C(N)=O)C(N)=O)C(N)=O)C(N)=O)C(N)=O. The molecule has 28 nitrogen and oxygen atoms in total. The summed E-state index contributed by atoms with van der Waals surface area (Å²) in [5.74, 6) is -23.4. The van der Waals surface area contributed by atoms with Gasteiger partial charge in [0.2, 0.25) is 76.8 Å². The molecule has 0 aliphatic heterocycles. The standard InChI is InChI=1S/C41H72N12O12.C9H12O2.C3H5NO/c1-5-20(32(44)56)9-24(36(48)60)14-29(16-26(38(50)62)12-23(35(47)59)8-19(4)31(43)55)41(65)53-17-52-40(64)28(10-21(6-2)33(45)57)15-27(39(51)63)13-25(37(49)61)11-22(34(46)58)7-18(3)30(42)54;1-3-8(10)6-5-7-9(11)4-2;1-2-3(4)5/h18-29H,5-17H2,1-4H3,(H2,42,54)(H2,43,55)(H2,44,56)(H2,45,57)(H2,46,58)(H2,47,59)(H2,48,60)(H2,49,61)(H2,50,62)(H2,51,63)(H,52,64)(H,53,65);3-4H,1-2,5-7H2;2H,1H2,(H2,4,5). The maximum Gasteiger partial charge on any atom is 0.240 e. The van der Waals surface area contributed by atoms with Crippen molar-refractivity contribution in [3.63, 3.8) is 0 Å². The molecule has 12 atom stereocenters. The third kappa shape index (κ3) is 33.7. The molecule has 0 aliphatic carbocycles. The van der Waals surface area contributed by atoms with Crippen molar-refractivity contribution in [3.05, 3.63) is 38.0 Å². The van der Waals surface area contributed by atoms with Crippen molar-refractivity contribution in [1.82, 2.24) is 10.6 Å². The lowest BCUT2D eigenvalue weighted by molar-refractivity contribution is -0.131. The van der Waals surface area contributed by atoms with Crippen LogP contribution < -0.4 is 73.7 Å². The van der Waals surface area contributed by atoms with E-state index < -0.39 is 154 Å². The van der Waals surface area contributed by atoms with E-state index in [0.717, 1.165) is 6.08 Å². The second-order valence-electron chi connectivity index (χ2n) is 20.0. The predicted octanol–water partition coefficient (Wildman–Crippen LogP) is -2.49. The third-order valence-electron chi connectivity index (χ3n) is 13.8. The molecule has 0 aliphatic rings. The maximum atomic E-state index is 14.0. The Balaban J connectivity index is -0.00000327. The minimum atomic E-state index is -1.29. The fourth-order valence-corrected chi connectivity index (χ4v) is 8.54.